The fourth-order valence-corrected chi connectivity index (χ4v) is 1.93. The van der Waals surface area contributed by atoms with E-state index in [0.717, 1.165) is 13.1 Å². The van der Waals surface area contributed by atoms with Gasteiger partial charge in [0.05, 0.1) is 0 Å². The zero-order chi connectivity index (χ0) is 15.1. The molecule has 20 heavy (non-hydrogen) atoms. The lowest BCUT2D eigenvalue weighted by Gasteiger charge is -2.26. The van der Waals surface area contributed by atoms with Gasteiger partial charge < -0.3 is 9.64 Å². The number of carbonyl (C=O) groups is 1. The van der Waals surface area contributed by atoms with E-state index in [1.807, 2.05) is 4.90 Å². The Labute approximate surface area is 120 Å². The van der Waals surface area contributed by atoms with Crippen molar-refractivity contribution < 1.29 is 13.9 Å². The van der Waals surface area contributed by atoms with Crippen molar-refractivity contribution >= 4 is 5.91 Å². The quantitative estimate of drug-likeness (QED) is 0.767. The van der Waals surface area contributed by atoms with Crippen molar-refractivity contribution in [1.82, 2.24) is 4.90 Å². The minimum atomic E-state index is -0.315. The molecule has 0 saturated heterocycles. The molecule has 0 bridgehead atoms. The van der Waals surface area contributed by atoms with Crippen LogP contribution in [0.5, 0.6) is 5.75 Å². The predicted octanol–water partition coefficient (Wildman–Crippen LogP) is 3.35. The lowest BCUT2D eigenvalue weighted by molar-refractivity contribution is -0.134. The van der Waals surface area contributed by atoms with E-state index in [9.17, 15) is 9.18 Å². The highest BCUT2D eigenvalue weighted by atomic mass is 19.1. The van der Waals surface area contributed by atoms with E-state index in [4.69, 9.17) is 4.74 Å². The standard InChI is InChI=1S/C16H24FNO2/c1-12(2)9-18(10-13(3)4)16(19)11-20-15-7-5-14(17)6-8-15/h5-8,12-13H,9-11H2,1-4H3. The maximum absolute atomic E-state index is 12.8. The average molecular weight is 281 g/mol. The van der Waals surface area contributed by atoms with Crippen molar-refractivity contribution in [2.45, 2.75) is 27.7 Å². The summed E-state index contributed by atoms with van der Waals surface area (Å²) in [7, 11) is 0. The van der Waals surface area contributed by atoms with Crippen LogP contribution in [0, 0.1) is 17.7 Å². The molecule has 0 aliphatic heterocycles. The van der Waals surface area contributed by atoms with E-state index in [1.165, 1.54) is 24.3 Å². The largest absolute Gasteiger partial charge is 0.484 e. The maximum atomic E-state index is 12.8. The molecule has 0 heterocycles. The van der Waals surface area contributed by atoms with Gasteiger partial charge in [-0.25, -0.2) is 4.39 Å². The highest BCUT2D eigenvalue weighted by Gasteiger charge is 2.16. The molecule has 0 atom stereocenters. The summed E-state index contributed by atoms with van der Waals surface area (Å²) in [5, 5.41) is 0. The average Bonchev–Trinajstić information content (AvgIpc) is 2.36. The van der Waals surface area contributed by atoms with Gasteiger partial charge in [-0.15, -0.1) is 0 Å². The number of rotatable bonds is 7. The Balaban J connectivity index is 2.54. The zero-order valence-corrected chi connectivity index (χ0v) is 12.7. The summed E-state index contributed by atoms with van der Waals surface area (Å²) in [6, 6.07) is 5.69. The summed E-state index contributed by atoms with van der Waals surface area (Å²) in [4.78, 5) is 14.0. The number of hydrogen-bond acceptors (Lipinski definition) is 2. The monoisotopic (exact) mass is 281 g/mol. The van der Waals surface area contributed by atoms with Gasteiger partial charge in [0, 0.05) is 13.1 Å². The van der Waals surface area contributed by atoms with Crippen LogP contribution in [-0.4, -0.2) is 30.5 Å². The van der Waals surface area contributed by atoms with E-state index >= 15 is 0 Å². The first-order chi connectivity index (χ1) is 9.38. The van der Waals surface area contributed by atoms with Gasteiger partial charge in [-0.05, 0) is 36.1 Å². The minimum Gasteiger partial charge on any atom is -0.484 e. The molecule has 0 fully saturated rings. The molecule has 1 rings (SSSR count). The van der Waals surface area contributed by atoms with Crippen molar-refractivity contribution in [3.63, 3.8) is 0 Å². The van der Waals surface area contributed by atoms with Gasteiger partial charge in [0.25, 0.3) is 5.91 Å². The molecule has 1 aromatic carbocycles. The first kappa shape index (κ1) is 16.5. The molecule has 0 spiro atoms. The molecular formula is C16H24FNO2. The van der Waals surface area contributed by atoms with Gasteiger partial charge in [-0.1, -0.05) is 27.7 Å². The maximum Gasteiger partial charge on any atom is 0.260 e. The number of halogens is 1. The Morgan fingerprint density at radius 1 is 1.10 bits per heavy atom. The minimum absolute atomic E-state index is 0.00886. The summed E-state index contributed by atoms with van der Waals surface area (Å²) in [6.45, 7) is 9.78. The fourth-order valence-electron chi connectivity index (χ4n) is 1.93. The molecule has 112 valence electrons. The van der Waals surface area contributed by atoms with Gasteiger partial charge in [0.15, 0.2) is 6.61 Å². The Hall–Kier alpha value is -1.58. The predicted molar refractivity (Wildman–Crippen MR) is 78.2 cm³/mol. The summed E-state index contributed by atoms with van der Waals surface area (Å²) >= 11 is 0. The number of hydrogen-bond donors (Lipinski definition) is 0. The molecule has 1 amide bonds. The SMILES string of the molecule is CC(C)CN(CC(C)C)C(=O)COc1ccc(F)cc1. The van der Waals surface area contributed by atoms with E-state index in [-0.39, 0.29) is 18.3 Å². The van der Waals surface area contributed by atoms with Crippen LogP contribution in [0.3, 0.4) is 0 Å². The van der Waals surface area contributed by atoms with E-state index < -0.39 is 0 Å². The third kappa shape index (κ3) is 6.04. The van der Waals surface area contributed by atoms with Gasteiger partial charge in [-0.2, -0.15) is 0 Å². The van der Waals surface area contributed by atoms with Gasteiger partial charge in [0.1, 0.15) is 11.6 Å². The van der Waals surface area contributed by atoms with Crippen molar-refractivity contribution in [2.75, 3.05) is 19.7 Å². The fraction of sp³-hybridized carbons (Fsp3) is 0.562. The number of carbonyl (C=O) groups excluding carboxylic acids is 1. The summed E-state index contributed by atoms with van der Waals surface area (Å²) in [6.07, 6.45) is 0. The van der Waals surface area contributed by atoms with Crippen molar-refractivity contribution in [2.24, 2.45) is 11.8 Å². The molecule has 0 saturated carbocycles. The second kappa shape index (κ2) is 7.88. The Morgan fingerprint density at radius 2 is 1.60 bits per heavy atom. The number of amides is 1. The van der Waals surface area contributed by atoms with E-state index in [0.29, 0.717) is 17.6 Å². The molecule has 0 unspecified atom stereocenters. The van der Waals surface area contributed by atoms with Crippen molar-refractivity contribution in [3.8, 4) is 5.75 Å². The third-order valence-corrected chi connectivity index (χ3v) is 2.70. The van der Waals surface area contributed by atoms with Crippen LogP contribution < -0.4 is 4.74 Å². The topological polar surface area (TPSA) is 29.5 Å². The Morgan fingerprint density at radius 3 is 2.05 bits per heavy atom. The van der Waals surface area contributed by atoms with Crippen LogP contribution in [0.1, 0.15) is 27.7 Å². The highest BCUT2D eigenvalue weighted by Crippen LogP contribution is 2.12. The second-order valence-corrected chi connectivity index (χ2v) is 5.83. The summed E-state index contributed by atoms with van der Waals surface area (Å²) in [5.74, 6) is 1.00. The second-order valence-electron chi connectivity index (χ2n) is 5.83. The first-order valence-corrected chi connectivity index (χ1v) is 7.04. The van der Waals surface area contributed by atoms with Crippen LogP contribution >= 0.6 is 0 Å². The van der Waals surface area contributed by atoms with Crippen molar-refractivity contribution in [1.29, 1.82) is 0 Å². The van der Waals surface area contributed by atoms with Gasteiger partial charge in [-0.3, -0.25) is 4.79 Å². The molecular weight excluding hydrogens is 257 g/mol. The summed E-state index contributed by atoms with van der Waals surface area (Å²) < 4.78 is 18.2. The normalized spacial score (nSPS) is 10.9. The molecule has 3 nitrogen and oxygen atoms in total. The zero-order valence-electron chi connectivity index (χ0n) is 12.7. The molecule has 0 aromatic heterocycles. The van der Waals surface area contributed by atoms with E-state index in [1.54, 1.807) is 0 Å². The molecule has 0 radical (unpaired) electrons. The number of benzene rings is 1. The molecule has 0 N–H and O–H groups in total. The molecule has 1 aromatic rings. The number of nitrogens with zero attached hydrogens (tertiary/aromatic N) is 1. The summed E-state index contributed by atoms with van der Waals surface area (Å²) in [5.41, 5.74) is 0. The highest BCUT2D eigenvalue weighted by molar-refractivity contribution is 5.77. The van der Waals surface area contributed by atoms with E-state index in [2.05, 4.69) is 27.7 Å². The number of ether oxygens (including phenoxy) is 1. The molecule has 4 heteroatoms. The van der Waals surface area contributed by atoms with Crippen molar-refractivity contribution in [3.05, 3.63) is 30.1 Å². The molecule has 0 aliphatic carbocycles. The smallest absolute Gasteiger partial charge is 0.260 e. The van der Waals surface area contributed by atoms with Crippen LogP contribution in [-0.2, 0) is 4.79 Å². The van der Waals surface area contributed by atoms with Crippen LogP contribution in [0.2, 0.25) is 0 Å². The van der Waals surface area contributed by atoms with Crippen LogP contribution in [0.25, 0.3) is 0 Å². The van der Waals surface area contributed by atoms with Gasteiger partial charge in [0.2, 0.25) is 0 Å². The van der Waals surface area contributed by atoms with Crippen LogP contribution in [0.4, 0.5) is 4.39 Å². The van der Waals surface area contributed by atoms with Crippen LogP contribution in [0.15, 0.2) is 24.3 Å². The van der Waals surface area contributed by atoms with Gasteiger partial charge >= 0.3 is 0 Å². The third-order valence-electron chi connectivity index (χ3n) is 2.70. The Bertz CT molecular complexity index is 405. The lowest BCUT2D eigenvalue weighted by Crippen LogP contribution is -2.39. The first-order valence-electron chi connectivity index (χ1n) is 7.04. The lowest BCUT2D eigenvalue weighted by atomic mass is 10.1. The Kier molecular flexibility index (Phi) is 6.49. The molecule has 0 aliphatic rings.